The molecule has 0 saturated carbocycles. The Labute approximate surface area is 110 Å². The third-order valence-electron chi connectivity index (χ3n) is 2.55. The van der Waals surface area contributed by atoms with Crippen LogP contribution in [0.5, 0.6) is 0 Å². The topological polar surface area (TPSA) is 26.1 Å². The number of benzene rings is 2. The Kier molecular flexibility index (Phi) is 3.63. The minimum atomic E-state index is -0.436. The normalized spacial score (nSPS) is 11.6. The summed E-state index contributed by atoms with van der Waals surface area (Å²) < 4.78 is 13.6. The van der Waals surface area contributed by atoms with Crippen molar-refractivity contribution in [3.8, 4) is 0 Å². The van der Waals surface area contributed by atoms with Crippen LogP contribution in [-0.4, -0.2) is 11.0 Å². The number of nitrogens with zero attached hydrogens (tertiary/aromatic N) is 1. The average Bonchev–Trinajstić information content (AvgIpc) is 2.32. The van der Waals surface area contributed by atoms with Crippen LogP contribution in [-0.2, 0) is 0 Å². The van der Waals surface area contributed by atoms with Gasteiger partial charge in [-0.25, -0.2) is 4.39 Å². The lowest BCUT2D eigenvalue weighted by Crippen LogP contribution is -2.00. The van der Waals surface area contributed by atoms with E-state index in [1.807, 2.05) is 6.92 Å². The van der Waals surface area contributed by atoms with Crippen molar-refractivity contribution in [3.05, 3.63) is 69.6 Å². The summed E-state index contributed by atoms with van der Waals surface area (Å²) in [5.41, 5.74) is 1.89. The van der Waals surface area contributed by atoms with Crippen LogP contribution in [0.25, 0.3) is 0 Å². The lowest BCUT2D eigenvalue weighted by molar-refractivity contribution is -0.354. The highest BCUT2D eigenvalue weighted by atomic mass is 35.5. The van der Waals surface area contributed by atoms with Gasteiger partial charge in [0.1, 0.15) is 5.82 Å². The Morgan fingerprint density at radius 3 is 2.67 bits per heavy atom. The van der Waals surface area contributed by atoms with Gasteiger partial charge in [-0.1, -0.05) is 17.7 Å². The fourth-order valence-electron chi connectivity index (χ4n) is 1.60. The number of halogens is 2. The first kappa shape index (κ1) is 12.6. The van der Waals surface area contributed by atoms with Gasteiger partial charge in [-0.2, -0.15) is 4.74 Å². The van der Waals surface area contributed by atoms with Crippen molar-refractivity contribution in [2.75, 3.05) is 0 Å². The van der Waals surface area contributed by atoms with E-state index in [1.54, 1.807) is 24.3 Å². The SMILES string of the molecule is Cc1cc(Cl)ccc1C=[N+]([O-])c1cccc(F)c1. The molecule has 0 aliphatic rings. The van der Waals surface area contributed by atoms with E-state index in [9.17, 15) is 9.60 Å². The number of hydrogen-bond acceptors (Lipinski definition) is 1. The standard InChI is InChI=1S/C14H11ClFNO/c1-10-7-12(15)6-5-11(10)9-17(18)14-4-2-3-13(16)8-14/h2-9H,1H3. The summed E-state index contributed by atoms with van der Waals surface area (Å²) in [7, 11) is 0. The largest absolute Gasteiger partial charge is 0.618 e. The molecule has 0 aliphatic heterocycles. The number of rotatable bonds is 2. The molecule has 0 radical (unpaired) electrons. The fourth-order valence-corrected chi connectivity index (χ4v) is 1.82. The molecule has 0 spiro atoms. The minimum absolute atomic E-state index is 0.254. The van der Waals surface area contributed by atoms with Gasteiger partial charge in [-0.3, -0.25) is 0 Å². The Bertz CT molecular complexity index is 610. The van der Waals surface area contributed by atoms with Crippen molar-refractivity contribution >= 4 is 23.5 Å². The molecule has 2 aromatic rings. The summed E-state index contributed by atoms with van der Waals surface area (Å²) >= 11 is 5.84. The summed E-state index contributed by atoms with van der Waals surface area (Å²) in [6.07, 6.45) is 1.40. The van der Waals surface area contributed by atoms with Gasteiger partial charge in [0.05, 0.1) is 0 Å². The molecule has 0 saturated heterocycles. The van der Waals surface area contributed by atoms with E-state index in [0.717, 1.165) is 11.1 Å². The van der Waals surface area contributed by atoms with Gasteiger partial charge in [0.15, 0.2) is 6.21 Å². The maximum absolute atomic E-state index is 13.0. The molecule has 2 aromatic carbocycles. The van der Waals surface area contributed by atoms with Gasteiger partial charge in [0, 0.05) is 22.7 Å². The zero-order chi connectivity index (χ0) is 13.1. The minimum Gasteiger partial charge on any atom is -0.618 e. The summed E-state index contributed by atoms with van der Waals surface area (Å²) in [6.45, 7) is 1.86. The lowest BCUT2D eigenvalue weighted by atomic mass is 10.1. The van der Waals surface area contributed by atoms with Crippen molar-refractivity contribution in [3.63, 3.8) is 0 Å². The maximum Gasteiger partial charge on any atom is 0.219 e. The molecular weight excluding hydrogens is 253 g/mol. The van der Waals surface area contributed by atoms with Crippen LogP contribution in [0.2, 0.25) is 5.02 Å². The second-order valence-electron chi connectivity index (χ2n) is 3.94. The van der Waals surface area contributed by atoms with E-state index in [2.05, 4.69) is 0 Å². The van der Waals surface area contributed by atoms with Crippen molar-refractivity contribution in [1.29, 1.82) is 0 Å². The lowest BCUT2D eigenvalue weighted by Gasteiger charge is -2.04. The molecular formula is C14H11ClFNO. The van der Waals surface area contributed by atoms with Crippen LogP contribution in [0.4, 0.5) is 10.1 Å². The fraction of sp³-hybridized carbons (Fsp3) is 0.0714. The molecule has 0 unspecified atom stereocenters. The van der Waals surface area contributed by atoms with Gasteiger partial charge in [-0.05, 0) is 36.8 Å². The Morgan fingerprint density at radius 2 is 2.00 bits per heavy atom. The Balaban J connectivity index is 2.38. The highest BCUT2D eigenvalue weighted by molar-refractivity contribution is 6.30. The molecule has 0 N–H and O–H groups in total. The van der Waals surface area contributed by atoms with E-state index in [0.29, 0.717) is 9.76 Å². The zero-order valence-corrected chi connectivity index (χ0v) is 10.5. The number of aryl methyl sites for hydroxylation is 1. The van der Waals surface area contributed by atoms with Crippen LogP contribution >= 0.6 is 11.6 Å². The van der Waals surface area contributed by atoms with Gasteiger partial charge in [0.2, 0.25) is 5.69 Å². The smallest absolute Gasteiger partial charge is 0.219 e. The third-order valence-corrected chi connectivity index (χ3v) is 2.79. The van der Waals surface area contributed by atoms with Crippen molar-refractivity contribution in [1.82, 2.24) is 0 Å². The van der Waals surface area contributed by atoms with Crippen LogP contribution in [0, 0.1) is 17.9 Å². The van der Waals surface area contributed by atoms with Crippen molar-refractivity contribution in [2.24, 2.45) is 0 Å². The highest BCUT2D eigenvalue weighted by Crippen LogP contribution is 2.16. The molecule has 0 aliphatic carbocycles. The highest BCUT2D eigenvalue weighted by Gasteiger charge is 2.05. The summed E-state index contributed by atoms with van der Waals surface area (Å²) in [5.74, 6) is -0.436. The predicted molar refractivity (Wildman–Crippen MR) is 71.0 cm³/mol. The van der Waals surface area contributed by atoms with E-state index in [-0.39, 0.29) is 5.69 Å². The first-order chi connectivity index (χ1) is 8.56. The van der Waals surface area contributed by atoms with E-state index in [4.69, 9.17) is 11.6 Å². The van der Waals surface area contributed by atoms with E-state index in [1.165, 1.54) is 24.4 Å². The maximum atomic E-state index is 13.0. The monoisotopic (exact) mass is 263 g/mol. The zero-order valence-electron chi connectivity index (χ0n) is 9.73. The summed E-state index contributed by atoms with van der Waals surface area (Å²) in [5, 5.41) is 12.5. The number of hydrogen-bond donors (Lipinski definition) is 0. The van der Waals surface area contributed by atoms with Crippen LogP contribution in [0.15, 0.2) is 42.5 Å². The second kappa shape index (κ2) is 5.19. The van der Waals surface area contributed by atoms with E-state index < -0.39 is 5.82 Å². The van der Waals surface area contributed by atoms with E-state index >= 15 is 0 Å². The van der Waals surface area contributed by atoms with Gasteiger partial charge in [-0.15, -0.1) is 0 Å². The molecule has 0 amide bonds. The molecule has 2 rings (SSSR count). The van der Waals surface area contributed by atoms with Crippen LogP contribution in [0.3, 0.4) is 0 Å². The first-order valence-electron chi connectivity index (χ1n) is 5.39. The third kappa shape index (κ3) is 2.87. The molecule has 0 bridgehead atoms. The average molecular weight is 264 g/mol. The molecule has 2 nitrogen and oxygen atoms in total. The molecule has 18 heavy (non-hydrogen) atoms. The second-order valence-corrected chi connectivity index (χ2v) is 4.37. The Morgan fingerprint density at radius 1 is 1.22 bits per heavy atom. The van der Waals surface area contributed by atoms with Gasteiger partial charge >= 0.3 is 0 Å². The van der Waals surface area contributed by atoms with Gasteiger partial charge in [0.25, 0.3) is 0 Å². The van der Waals surface area contributed by atoms with Crippen molar-refractivity contribution in [2.45, 2.75) is 6.92 Å². The van der Waals surface area contributed by atoms with Crippen LogP contribution in [0.1, 0.15) is 11.1 Å². The van der Waals surface area contributed by atoms with Crippen molar-refractivity contribution < 1.29 is 9.13 Å². The summed E-state index contributed by atoms with van der Waals surface area (Å²) in [6, 6.07) is 10.8. The molecule has 0 fully saturated rings. The van der Waals surface area contributed by atoms with Gasteiger partial charge < -0.3 is 5.21 Å². The quantitative estimate of drug-likeness (QED) is 0.347. The molecule has 0 heterocycles. The molecule has 0 atom stereocenters. The predicted octanol–water partition coefficient (Wildman–Crippen LogP) is 4.05. The molecule has 0 aromatic heterocycles. The summed E-state index contributed by atoms with van der Waals surface area (Å²) in [4.78, 5) is 0. The molecule has 4 heteroatoms. The van der Waals surface area contributed by atoms with Crippen LogP contribution < -0.4 is 0 Å². The first-order valence-corrected chi connectivity index (χ1v) is 5.77. The Hall–Kier alpha value is -1.87. The molecule has 92 valence electrons.